The Bertz CT molecular complexity index is 503. The Morgan fingerprint density at radius 3 is 2.32 bits per heavy atom. The van der Waals surface area contributed by atoms with Crippen molar-refractivity contribution in [2.75, 3.05) is 14.1 Å². The van der Waals surface area contributed by atoms with E-state index in [2.05, 4.69) is 5.32 Å². The Morgan fingerprint density at radius 2 is 1.79 bits per heavy atom. The Morgan fingerprint density at radius 1 is 1.21 bits per heavy atom. The fraction of sp³-hybridized carbons (Fsp3) is 0.583. The van der Waals surface area contributed by atoms with E-state index in [0.29, 0.717) is 0 Å². The van der Waals surface area contributed by atoms with Crippen LogP contribution in [0.25, 0.3) is 0 Å². The SMILES string of the molecule is C/C=C/C(=O)N1C(=O)N(C)[C@@]2(C)N(C)C(=O)N[C@@]12C. The third-order valence-corrected chi connectivity index (χ3v) is 4.34. The molecule has 0 aromatic rings. The van der Waals surface area contributed by atoms with Gasteiger partial charge in [-0.1, -0.05) is 6.08 Å². The standard InChI is InChI=1S/C12H18N4O3/c1-6-7-8(17)16-10(19)15(5)12(3)11(16,2)13-9(18)14(12)4/h6-7H,1-5H3,(H,13,18)/b7-6+/t11-,12+/m0/s1. The number of hydrogen-bond donors (Lipinski definition) is 1. The summed E-state index contributed by atoms with van der Waals surface area (Å²) in [6.45, 7) is 5.13. The molecule has 2 fully saturated rings. The minimum absolute atomic E-state index is 0.317. The Hall–Kier alpha value is -2.05. The maximum Gasteiger partial charge on any atom is 0.330 e. The quantitative estimate of drug-likeness (QED) is 0.704. The molecule has 2 rings (SSSR count). The van der Waals surface area contributed by atoms with Gasteiger partial charge >= 0.3 is 12.1 Å². The predicted molar refractivity (Wildman–Crippen MR) is 67.9 cm³/mol. The molecule has 0 aliphatic carbocycles. The zero-order valence-electron chi connectivity index (χ0n) is 11.7. The van der Waals surface area contributed by atoms with Gasteiger partial charge in [-0.2, -0.15) is 0 Å². The summed E-state index contributed by atoms with van der Waals surface area (Å²) in [7, 11) is 3.19. The number of carbonyl (C=O) groups is 3. The molecule has 0 saturated carbocycles. The number of fused-ring (bicyclic) bond motifs is 1. The lowest BCUT2D eigenvalue weighted by atomic mass is 9.97. The van der Waals surface area contributed by atoms with Crippen molar-refractivity contribution in [3.8, 4) is 0 Å². The maximum atomic E-state index is 12.3. The predicted octanol–water partition coefficient (Wildman–Crippen LogP) is 0.544. The summed E-state index contributed by atoms with van der Waals surface area (Å²) in [6.07, 6.45) is 2.88. The van der Waals surface area contributed by atoms with Crippen molar-refractivity contribution in [1.29, 1.82) is 0 Å². The van der Waals surface area contributed by atoms with E-state index < -0.39 is 23.3 Å². The van der Waals surface area contributed by atoms with Crippen molar-refractivity contribution in [3.63, 3.8) is 0 Å². The molecule has 7 heteroatoms. The van der Waals surface area contributed by atoms with Crippen molar-refractivity contribution in [2.45, 2.75) is 32.1 Å². The molecule has 2 saturated heterocycles. The van der Waals surface area contributed by atoms with Crippen LogP contribution in [0.1, 0.15) is 20.8 Å². The lowest BCUT2D eigenvalue weighted by Gasteiger charge is -2.40. The summed E-state index contributed by atoms with van der Waals surface area (Å²) < 4.78 is 0. The highest BCUT2D eigenvalue weighted by molar-refractivity contribution is 6.04. The van der Waals surface area contributed by atoms with Crippen LogP contribution < -0.4 is 5.32 Å². The van der Waals surface area contributed by atoms with Crippen molar-refractivity contribution in [3.05, 3.63) is 12.2 Å². The first kappa shape index (κ1) is 13.4. The maximum absolute atomic E-state index is 12.3. The zero-order chi connectivity index (χ0) is 14.6. The number of imide groups is 1. The number of hydrogen-bond acceptors (Lipinski definition) is 3. The van der Waals surface area contributed by atoms with Gasteiger partial charge in [-0.15, -0.1) is 0 Å². The molecule has 104 valence electrons. The number of urea groups is 2. The lowest BCUT2D eigenvalue weighted by Crippen LogP contribution is -2.64. The molecule has 2 atom stereocenters. The van der Waals surface area contributed by atoms with Gasteiger partial charge in [0.15, 0.2) is 11.3 Å². The van der Waals surface area contributed by atoms with Crippen molar-refractivity contribution in [1.82, 2.24) is 20.0 Å². The molecule has 0 radical (unpaired) electrons. The number of allylic oxidation sites excluding steroid dienone is 1. The Labute approximate surface area is 111 Å². The number of nitrogens with zero attached hydrogens (tertiary/aromatic N) is 3. The number of carbonyl (C=O) groups excluding carboxylic acids is 3. The van der Waals surface area contributed by atoms with E-state index in [1.807, 2.05) is 0 Å². The van der Waals surface area contributed by atoms with Crippen LogP contribution in [-0.4, -0.2) is 58.1 Å². The van der Waals surface area contributed by atoms with Crippen LogP contribution >= 0.6 is 0 Å². The van der Waals surface area contributed by atoms with Gasteiger partial charge in [-0.05, 0) is 26.8 Å². The lowest BCUT2D eigenvalue weighted by molar-refractivity contribution is -0.128. The van der Waals surface area contributed by atoms with Gasteiger partial charge in [0.05, 0.1) is 0 Å². The van der Waals surface area contributed by atoms with Crippen LogP contribution in [0.15, 0.2) is 12.2 Å². The van der Waals surface area contributed by atoms with Crippen LogP contribution in [0.3, 0.4) is 0 Å². The van der Waals surface area contributed by atoms with Crippen LogP contribution in [0.4, 0.5) is 9.59 Å². The van der Waals surface area contributed by atoms with E-state index in [4.69, 9.17) is 0 Å². The van der Waals surface area contributed by atoms with E-state index in [9.17, 15) is 14.4 Å². The van der Waals surface area contributed by atoms with E-state index in [1.165, 1.54) is 15.9 Å². The van der Waals surface area contributed by atoms with Gasteiger partial charge in [-0.3, -0.25) is 4.79 Å². The molecule has 19 heavy (non-hydrogen) atoms. The largest absolute Gasteiger partial charge is 0.330 e. The monoisotopic (exact) mass is 266 g/mol. The average Bonchev–Trinajstić information content (AvgIpc) is 2.59. The number of amides is 5. The van der Waals surface area contributed by atoms with Crippen LogP contribution in [0, 0.1) is 0 Å². The molecule has 1 N–H and O–H groups in total. The second-order valence-electron chi connectivity index (χ2n) is 5.10. The second-order valence-corrected chi connectivity index (χ2v) is 5.10. The summed E-state index contributed by atoms with van der Waals surface area (Å²) >= 11 is 0. The van der Waals surface area contributed by atoms with Gasteiger partial charge in [0.2, 0.25) is 0 Å². The van der Waals surface area contributed by atoms with E-state index in [-0.39, 0.29) is 6.03 Å². The third kappa shape index (κ3) is 1.30. The van der Waals surface area contributed by atoms with Gasteiger partial charge in [-0.25, -0.2) is 14.5 Å². The van der Waals surface area contributed by atoms with Gasteiger partial charge < -0.3 is 15.1 Å². The first-order valence-electron chi connectivity index (χ1n) is 6.02. The second kappa shape index (κ2) is 3.72. The molecule has 2 heterocycles. The zero-order valence-corrected chi connectivity index (χ0v) is 11.7. The van der Waals surface area contributed by atoms with Crippen molar-refractivity contribution < 1.29 is 14.4 Å². The first-order valence-corrected chi connectivity index (χ1v) is 6.02. The molecule has 5 amide bonds. The number of nitrogens with one attached hydrogen (secondary N) is 1. The summed E-state index contributed by atoms with van der Waals surface area (Å²) in [6, 6.07) is -0.748. The molecular weight excluding hydrogens is 248 g/mol. The fourth-order valence-electron chi connectivity index (χ4n) is 2.81. The first-order chi connectivity index (χ1) is 8.71. The molecular formula is C12H18N4O3. The van der Waals surface area contributed by atoms with Gasteiger partial charge in [0.25, 0.3) is 5.91 Å². The van der Waals surface area contributed by atoms with E-state index in [1.54, 1.807) is 40.9 Å². The molecule has 2 aliphatic rings. The Balaban J connectivity index is 2.57. The number of rotatable bonds is 1. The molecule has 0 spiro atoms. The summed E-state index contributed by atoms with van der Waals surface area (Å²) in [4.78, 5) is 40.3. The summed E-state index contributed by atoms with van der Waals surface area (Å²) in [5, 5.41) is 2.73. The smallest absolute Gasteiger partial charge is 0.311 e. The molecule has 0 unspecified atom stereocenters. The van der Waals surface area contributed by atoms with Gasteiger partial charge in [0, 0.05) is 14.1 Å². The average molecular weight is 266 g/mol. The molecule has 0 bridgehead atoms. The van der Waals surface area contributed by atoms with Crippen LogP contribution in [-0.2, 0) is 4.79 Å². The van der Waals surface area contributed by atoms with Gasteiger partial charge in [0.1, 0.15) is 0 Å². The highest BCUT2D eigenvalue weighted by atomic mass is 16.2. The van der Waals surface area contributed by atoms with Crippen molar-refractivity contribution in [2.24, 2.45) is 0 Å². The van der Waals surface area contributed by atoms with E-state index in [0.717, 1.165) is 4.90 Å². The molecule has 2 aliphatic heterocycles. The fourth-order valence-corrected chi connectivity index (χ4v) is 2.81. The van der Waals surface area contributed by atoms with E-state index >= 15 is 0 Å². The highest BCUT2D eigenvalue weighted by Crippen LogP contribution is 2.44. The third-order valence-electron chi connectivity index (χ3n) is 4.34. The molecule has 7 nitrogen and oxygen atoms in total. The van der Waals surface area contributed by atoms with Crippen LogP contribution in [0.5, 0.6) is 0 Å². The van der Waals surface area contributed by atoms with Crippen LogP contribution in [0.2, 0.25) is 0 Å². The Kier molecular flexibility index (Phi) is 2.62. The normalized spacial score (nSPS) is 34.3. The minimum Gasteiger partial charge on any atom is -0.311 e. The number of likely N-dealkylation sites (N-methyl/N-ethyl adjacent to an activating group) is 2. The van der Waals surface area contributed by atoms with Crippen molar-refractivity contribution >= 4 is 18.0 Å². The molecule has 0 aromatic heterocycles. The topological polar surface area (TPSA) is 73.0 Å². The minimum atomic E-state index is -1.10. The summed E-state index contributed by atoms with van der Waals surface area (Å²) in [5.74, 6) is -0.443. The highest BCUT2D eigenvalue weighted by Gasteiger charge is 2.70. The summed E-state index contributed by atoms with van der Waals surface area (Å²) in [5.41, 5.74) is -2.01. The molecule has 0 aromatic carbocycles.